The molecule has 2 heterocycles. The van der Waals surface area contributed by atoms with Crippen molar-refractivity contribution in [1.82, 2.24) is 14.5 Å². The first-order valence-corrected chi connectivity index (χ1v) is 7.75. The number of nitrogens with zero attached hydrogens (tertiary/aromatic N) is 2. The van der Waals surface area contributed by atoms with E-state index in [4.69, 9.17) is 0 Å². The molecular formula is C17H21N3O3. The van der Waals surface area contributed by atoms with Gasteiger partial charge in [-0.3, -0.25) is 24.0 Å². The van der Waals surface area contributed by atoms with Crippen LogP contribution in [0.3, 0.4) is 0 Å². The number of hydrogen-bond acceptors (Lipinski definition) is 3. The number of fused-ring (bicyclic) bond motifs is 1. The van der Waals surface area contributed by atoms with Crippen LogP contribution in [0, 0.1) is 0 Å². The van der Waals surface area contributed by atoms with E-state index in [9.17, 15) is 14.4 Å². The summed E-state index contributed by atoms with van der Waals surface area (Å²) in [5.41, 5.74) is 2.38. The van der Waals surface area contributed by atoms with Crippen molar-refractivity contribution in [3.8, 4) is 0 Å². The number of benzene rings is 1. The normalized spacial score (nSPS) is 19.2. The fraction of sp³-hybridized carbons (Fsp3) is 0.471. The van der Waals surface area contributed by atoms with Crippen molar-refractivity contribution in [3.63, 3.8) is 0 Å². The Balaban J connectivity index is 2.19. The molecule has 0 unspecified atom stereocenters. The maximum absolute atomic E-state index is 12.6. The van der Waals surface area contributed by atoms with Gasteiger partial charge in [-0.05, 0) is 29.5 Å². The summed E-state index contributed by atoms with van der Waals surface area (Å²) >= 11 is 0. The summed E-state index contributed by atoms with van der Waals surface area (Å²) in [6, 6.07) is 5.24. The van der Waals surface area contributed by atoms with Gasteiger partial charge in [0.25, 0.3) is 0 Å². The van der Waals surface area contributed by atoms with Crippen LogP contribution >= 0.6 is 0 Å². The highest BCUT2D eigenvalue weighted by Crippen LogP contribution is 2.28. The minimum atomic E-state index is -0.635. The molecule has 0 spiro atoms. The Morgan fingerprint density at radius 2 is 1.83 bits per heavy atom. The number of rotatable bonds is 1. The zero-order valence-electron chi connectivity index (χ0n) is 13.8. The van der Waals surface area contributed by atoms with Gasteiger partial charge in [0.05, 0.1) is 11.0 Å². The monoisotopic (exact) mass is 315 g/mol. The SMILES string of the molecule is Cn1c(=O)n([C@@H]2CCC(=O)NC2=O)c2ccc(C(C)(C)C)cc21. The number of imidazole rings is 1. The molecule has 6 heteroatoms. The van der Waals surface area contributed by atoms with Crippen LogP contribution in [0.15, 0.2) is 23.0 Å². The molecule has 0 bridgehead atoms. The van der Waals surface area contributed by atoms with E-state index in [-0.39, 0.29) is 23.4 Å². The van der Waals surface area contributed by atoms with E-state index in [0.717, 1.165) is 16.6 Å². The Kier molecular flexibility index (Phi) is 3.43. The van der Waals surface area contributed by atoms with E-state index < -0.39 is 11.9 Å². The van der Waals surface area contributed by atoms with E-state index in [0.29, 0.717) is 6.42 Å². The van der Waals surface area contributed by atoms with Crippen LogP contribution in [-0.2, 0) is 22.1 Å². The quantitative estimate of drug-likeness (QED) is 0.813. The fourth-order valence-electron chi connectivity index (χ4n) is 3.06. The molecule has 1 aliphatic rings. The van der Waals surface area contributed by atoms with Crippen LogP contribution < -0.4 is 11.0 Å². The Hall–Kier alpha value is -2.37. The number of hydrogen-bond donors (Lipinski definition) is 1. The molecule has 1 saturated heterocycles. The van der Waals surface area contributed by atoms with Gasteiger partial charge in [-0.25, -0.2) is 4.79 Å². The van der Waals surface area contributed by atoms with Gasteiger partial charge in [-0.1, -0.05) is 26.8 Å². The summed E-state index contributed by atoms with van der Waals surface area (Å²) in [6.07, 6.45) is 0.601. The van der Waals surface area contributed by atoms with E-state index in [1.165, 1.54) is 4.57 Å². The van der Waals surface area contributed by atoms with Crippen molar-refractivity contribution in [2.75, 3.05) is 0 Å². The summed E-state index contributed by atoms with van der Waals surface area (Å²) in [6.45, 7) is 6.34. The molecule has 1 aromatic carbocycles. The van der Waals surface area contributed by atoms with Crippen molar-refractivity contribution in [1.29, 1.82) is 0 Å². The second kappa shape index (κ2) is 5.08. The molecule has 1 fully saturated rings. The predicted molar refractivity (Wildman–Crippen MR) is 87.3 cm³/mol. The fourth-order valence-corrected chi connectivity index (χ4v) is 3.06. The lowest BCUT2D eigenvalue weighted by Gasteiger charge is -2.22. The van der Waals surface area contributed by atoms with Crippen LogP contribution in [-0.4, -0.2) is 20.9 Å². The average molecular weight is 315 g/mol. The number of piperidine rings is 1. The topological polar surface area (TPSA) is 73.1 Å². The Bertz CT molecular complexity index is 868. The van der Waals surface area contributed by atoms with Gasteiger partial charge in [-0.2, -0.15) is 0 Å². The second-order valence-corrected chi connectivity index (χ2v) is 7.13. The maximum Gasteiger partial charge on any atom is 0.329 e. The van der Waals surface area contributed by atoms with Gasteiger partial charge in [-0.15, -0.1) is 0 Å². The van der Waals surface area contributed by atoms with Gasteiger partial charge in [0.15, 0.2) is 0 Å². The number of aryl methyl sites for hydroxylation is 1. The summed E-state index contributed by atoms with van der Waals surface area (Å²) in [4.78, 5) is 36.1. The highest BCUT2D eigenvalue weighted by Gasteiger charge is 2.31. The highest BCUT2D eigenvalue weighted by molar-refractivity contribution is 6.00. The smallest absolute Gasteiger partial charge is 0.295 e. The molecule has 1 N–H and O–H groups in total. The molecule has 0 aliphatic carbocycles. The Labute approximate surface area is 134 Å². The lowest BCUT2D eigenvalue weighted by Crippen LogP contribution is -2.44. The first-order chi connectivity index (χ1) is 10.7. The number of aromatic nitrogens is 2. The second-order valence-electron chi connectivity index (χ2n) is 7.13. The average Bonchev–Trinajstić information content (AvgIpc) is 2.71. The summed E-state index contributed by atoms with van der Waals surface area (Å²) in [5, 5.41) is 2.32. The molecule has 1 aromatic heterocycles. The molecular weight excluding hydrogens is 294 g/mol. The van der Waals surface area contributed by atoms with Crippen molar-refractivity contribution >= 4 is 22.8 Å². The lowest BCUT2D eigenvalue weighted by molar-refractivity contribution is -0.135. The van der Waals surface area contributed by atoms with Crippen LogP contribution in [0.25, 0.3) is 11.0 Å². The molecule has 6 nitrogen and oxygen atoms in total. The third kappa shape index (κ3) is 2.48. The standard InChI is InChI=1S/C17H21N3O3/c1-17(2,3)10-5-6-11-13(9-10)19(4)16(23)20(11)12-7-8-14(21)18-15(12)22/h5-6,9,12H,7-8H2,1-4H3,(H,18,21,22)/t12-/m1/s1. The van der Waals surface area contributed by atoms with Gasteiger partial charge in [0.1, 0.15) is 6.04 Å². The molecule has 2 amide bonds. The number of imide groups is 1. The lowest BCUT2D eigenvalue weighted by atomic mass is 9.87. The van der Waals surface area contributed by atoms with Gasteiger partial charge in [0.2, 0.25) is 11.8 Å². The van der Waals surface area contributed by atoms with Crippen molar-refractivity contribution in [2.45, 2.75) is 45.1 Å². The van der Waals surface area contributed by atoms with Crippen molar-refractivity contribution < 1.29 is 9.59 Å². The van der Waals surface area contributed by atoms with E-state index in [1.807, 2.05) is 18.2 Å². The molecule has 1 aliphatic heterocycles. The van der Waals surface area contributed by atoms with Gasteiger partial charge in [0, 0.05) is 13.5 Å². The number of carbonyl (C=O) groups excluding carboxylic acids is 2. The van der Waals surface area contributed by atoms with Crippen LogP contribution in [0.2, 0.25) is 0 Å². The first kappa shape index (κ1) is 15.5. The molecule has 2 aromatic rings. The largest absolute Gasteiger partial charge is 0.329 e. The van der Waals surface area contributed by atoms with E-state index in [1.54, 1.807) is 11.6 Å². The maximum atomic E-state index is 12.6. The molecule has 3 rings (SSSR count). The summed E-state index contributed by atoms with van der Waals surface area (Å²) in [5.74, 6) is -0.690. The highest BCUT2D eigenvalue weighted by atomic mass is 16.2. The van der Waals surface area contributed by atoms with Gasteiger partial charge >= 0.3 is 5.69 Å². The van der Waals surface area contributed by atoms with Crippen LogP contribution in [0.4, 0.5) is 0 Å². The first-order valence-electron chi connectivity index (χ1n) is 7.75. The molecule has 122 valence electrons. The molecule has 1 atom stereocenters. The zero-order valence-corrected chi connectivity index (χ0v) is 13.8. The minimum Gasteiger partial charge on any atom is -0.295 e. The third-order valence-corrected chi connectivity index (χ3v) is 4.48. The predicted octanol–water partition coefficient (Wildman–Crippen LogP) is 1.62. The number of carbonyl (C=O) groups is 2. The van der Waals surface area contributed by atoms with Gasteiger partial charge < -0.3 is 0 Å². The summed E-state index contributed by atoms with van der Waals surface area (Å²) in [7, 11) is 1.71. The number of amides is 2. The molecule has 23 heavy (non-hydrogen) atoms. The minimum absolute atomic E-state index is 0.0268. The Morgan fingerprint density at radius 1 is 1.13 bits per heavy atom. The van der Waals surface area contributed by atoms with E-state index >= 15 is 0 Å². The van der Waals surface area contributed by atoms with Crippen LogP contribution in [0.1, 0.15) is 45.2 Å². The Morgan fingerprint density at radius 3 is 2.43 bits per heavy atom. The zero-order chi connectivity index (χ0) is 16.9. The third-order valence-electron chi connectivity index (χ3n) is 4.48. The van der Waals surface area contributed by atoms with E-state index in [2.05, 4.69) is 26.1 Å². The van der Waals surface area contributed by atoms with Crippen LogP contribution in [0.5, 0.6) is 0 Å². The summed E-state index contributed by atoms with van der Waals surface area (Å²) < 4.78 is 3.07. The van der Waals surface area contributed by atoms with Crippen molar-refractivity contribution in [2.24, 2.45) is 7.05 Å². The number of nitrogens with one attached hydrogen (secondary N) is 1. The molecule has 0 radical (unpaired) electrons. The molecule has 0 saturated carbocycles. The van der Waals surface area contributed by atoms with Crippen molar-refractivity contribution in [3.05, 3.63) is 34.2 Å².